The Morgan fingerprint density at radius 2 is 1.93 bits per heavy atom. The van der Waals surface area contributed by atoms with Crippen LogP contribution in [0.1, 0.15) is 43.5 Å². The van der Waals surface area contributed by atoms with Gasteiger partial charge >= 0.3 is 0 Å². The Labute approximate surface area is 267 Å². The summed E-state index contributed by atoms with van der Waals surface area (Å²) in [4.78, 5) is 25.6. The SMILES string of the molecule is C=C(F)C(=O)N1[C@H](C)CN(c2c(C#N)c(OCC3CCCN3C)nc3c2CCN(c2cccc4ccc(F)c(Cl)c24)C3)C[C@@H]1C. The normalized spacial score (nSPS) is 22.0. The first-order chi connectivity index (χ1) is 21.6. The van der Waals surface area contributed by atoms with Crippen molar-refractivity contribution < 1.29 is 18.3 Å². The lowest BCUT2D eigenvalue weighted by Gasteiger charge is -2.46. The second-order valence-electron chi connectivity index (χ2n) is 12.4. The fraction of sp³-hybridized carbons (Fsp3) is 0.441. The molecule has 4 heterocycles. The first-order valence-corrected chi connectivity index (χ1v) is 15.8. The van der Waals surface area contributed by atoms with Crippen LogP contribution in [-0.2, 0) is 17.8 Å². The molecule has 0 aliphatic carbocycles. The van der Waals surface area contributed by atoms with Crippen molar-refractivity contribution in [1.82, 2.24) is 14.8 Å². The van der Waals surface area contributed by atoms with Crippen molar-refractivity contribution in [3.8, 4) is 11.9 Å². The van der Waals surface area contributed by atoms with E-state index < -0.39 is 17.6 Å². The fourth-order valence-electron chi connectivity index (χ4n) is 7.26. The van der Waals surface area contributed by atoms with Gasteiger partial charge in [-0.1, -0.05) is 36.4 Å². The summed E-state index contributed by atoms with van der Waals surface area (Å²) in [6, 6.07) is 10.9. The van der Waals surface area contributed by atoms with Gasteiger partial charge in [0.05, 0.1) is 22.9 Å². The molecule has 2 aromatic carbocycles. The predicted octanol–water partition coefficient (Wildman–Crippen LogP) is 5.84. The van der Waals surface area contributed by atoms with Crippen LogP contribution in [0, 0.1) is 17.1 Å². The summed E-state index contributed by atoms with van der Waals surface area (Å²) >= 11 is 6.50. The third-order valence-electron chi connectivity index (χ3n) is 9.44. The number of fused-ring (bicyclic) bond motifs is 2. The molecule has 0 saturated carbocycles. The number of nitriles is 1. The van der Waals surface area contributed by atoms with Crippen molar-refractivity contribution in [2.24, 2.45) is 0 Å². The van der Waals surface area contributed by atoms with Gasteiger partial charge in [-0.3, -0.25) is 4.79 Å². The quantitative estimate of drug-likeness (QED) is 0.315. The van der Waals surface area contributed by atoms with Crippen LogP contribution in [0.5, 0.6) is 5.88 Å². The van der Waals surface area contributed by atoms with Crippen molar-refractivity contribution in [2.45, 2.75) is 57.8 Å². The number of halogens is 3. The maximum atomic E-state index is 14.6. The second-order valence-corrected chi connectivity index (χ2v) is 12.8. The van der Waals surface area contributed by atoms with Crippen molar-refractivity contribution in [3.63, 3.8) is 0 Å². The highest BCUT2D eigenvalue weighted by Crippen LogP contribution is 2.41. The first kappa shape index (κ1) is 31.1. The summed E-state index contributed by atoms with van der Waals surface area (Å²) in [6.07, 6.45) is 2.67. The Morgan fingerprint density at radius 3 is 2.60 bits per heavy atom. The molecule has 45 heavy (non-hydrogen) atoms. The zero-order valence-electron chi connectivity index (χ0n) is 25.8. The molecule has 236 valence electrons. The number of likely N-dealkylation sites (tertiary alicyclic amines) is 1. The molecular weight excluding hydrogens is 598 g/mol. The number of carbonyl (C=O) groups is 1. The molecule has 1 aromatic heterocycles. The van der Waals surface area contributed by atoms with E-state index in [1.165, 1.54) is 11.0 Å². The molecule has 1 unspecified atom stereocenters. The van der Waals surface area contributed by atoms with Crippen molar-refractivity contribution in [3.05, 3.63) is 70.4 Å². The Morgan fingerprint density at radius 1 is 1.18 bits per heavy atom. The number of ether oxygens (including phenoxy) is 1. The Hall–Kier alpha value is -3.94. The molecule has 3 atom stereocenters. The molecule has 3 aliphatic rings. The molecule has 11 heteroatoms. The third kappa shape index (κ3) is 5.68. The number of carbonyl (C=O) groups excluding carboxylic acids is 1. The number of rotatable bonds is 6. The van der Waals surface area contributed by atoms with Crippen LogP contribution >= 0.6 is 11.6 Å². The molecule has 0 spiro atoms. The van der Waals surface area contributed by atoms with Crippen LogP contribution in [0.15, 0.2) is 42.7 Å². The van der Waals surface area contributed by atoms with E-state index in [1.54, 1.807) is 6.07 Å². The van der Waals surface area contributed by atoms with E-state index in [0.29, 0.717) is 50.2 Å². The molecule has 0 radical (unpaired) electrons. The fourth-order valence-corrected chi connectivity index (χ4v) is 7.53. The Balaban J connectivity index is 1.41. The van der Waals surface area contributed by atoms with E-state index in [0.717, 1.165) is 47.4 Å². The Kier molecular flexibility index (Phi) is 8.59. The molecule has 1 amide bonds. The van der Waals surface area contributed by atoms with E-state index in [-0.39, 0.29) is 29.0 Å². The van der Waals surface area contributed by atoms with Gasteiger partial charge in [-0.15, -0.1) is 0 Å². The van der Waals surface area contributed by atoms with Crippen molar-refractivity contribution in [2.75, 3.05) is 49.6 Å². The topological polar surface area (TPSA) is 75.9 Å². The van der Waals surface area contributed by atoms with Gasteiger partial charge in [0, 0.05) is 54.4 Å². The molecule has 6 rings (SSSR count). The highest BCUT2D eigenvalue weighted by atomic mass is 35.5. The zero-order valence-corrected chi connectivity index (χ0v) is 26.6. The minimum Gasteiger partial charge on any atom is -0.475 e. The van der Waals surface area contributed by atoms with Crippen LogP contribution in [0.25, 0.3) is 10.8 Å². The summed E-state index contributed by atoms with van der Waals surface area (Å²) in [6.45, 7) is 10.2. The van der Waals surface area contributed by atoms with Crippen LogP contribution < -0.4 is 14.5 Å². The summed E-state index contributed by atoms with van der Waals surface area (Å²) in [7, 11) is 2.07. The number of hydrogen-bond donors (Lipinski definition) is 0. The third-order valence-corrected chi connectivity index (χ3v) is 9.81. The molecule has 2 fully saturated rings. The average molecular weight is 635 g/mol. The molecule has 0 bridgehead atoms. The number of aromatic nitrogens is 1. The summed E-state index contributed by atoms with van der Waals surface area (Å²) in [5.41, 5.74) is 3.65. The standard InChI is InChI=1S/C34H37ClF2N6O2/c1-20-16-42(17-21(2)43(20)34(44)22(3)36)32-25-12-14-41(29-9-5-7-23-10-11-27(37)31(35)30(23)29)18-28(25)39-33(26(32)15-38)45-19-24-8-6-13-40(24)4/h5,7,9-11,20-21,24H,3,6,8,12-14,16-19H2,1-2,4H3/t20-,21+,24?. The van der Waals surface area contributed by atoms with Crippen molar-refractivity contribution in [1.29, 1.82) is 5.26 Å². The van der Waals surface area contributed by atoms with Crippen molar-refractivity contribution >= 4 is 39.7 Å². The Bertz CT molecular complexity index is 1700. The highest BCUT2D eigenvalue weighted by Gasteiger charge is 2.38. The van der Waals surface area contributed by atoms with E-state index in [2.05, 4.69) is 34.4 Å². The lowest BCUT2D eigenvalue weighted by Crippen LogP contribution is -2.59. The molecule has 0 N–H and O–H groups in total. The number of amides is 1. The van der Waals surface area contributed by atoms with Gasteiger partial charge < -0.3 is 24.3 Å². The van der Waals surface area contributed by atoms with E-state index in [4.69, 9.17) is 21.3 Å². The van der Waals surface area contributed by atoms with E-state index >= 15 is 0 Å². The summed E-state index contributed by atoms with van der Waals surface area (Å²) in [5, 5.41) is 12.1. The van der Waals surface area contributed by atoms with Gasteiger partial charge in [0.1, 0.15) is 24.1 Å². The second kappa shape index (κ2) is 12.5. The van der Waals surface area contributed by atoms with Crippen LogP contribution in [0.3, 0.4) is 0 Å². The van der Waals surface area contributed by atoms with Crippen LogP contribution in [0.4, 0.5) is 20.2 Å². The number of hydrogen-bond acceptors (Lipinski definition) is 7. The number of anilines is 2. The van der Waals surface area contributed by atoms with Gasteiger partial charge in [-0.25, -0.2) is 13.8 Å². The minimum atomic E-state index is -0.984. The summed E-state index contributed by atoms with van der Waals surface area (Å²) < 4.78 is 34.8. The van der Waals surface area contributed by atoms with Gasteiger partial charge in [-0.05, 0) is 64.2 Å². The predicted molar refractivity (Wildman–Crippen MR) is 172 cm³/mol. The number of pyridine rings is 1. The molecule has 3 aliphatic heterocycles. The lowest BCUT2D eigenvalue weighted by atomic mass is 9.96. The average Bonchev–Trinajstić information content (AvgIpc) is 3.44. The van der Waals surface area contributed by atoms with E-state index in [1.807, 2.05) is 32.0 Å². The first-order valence-electron chi connectivity index (χ1n) is 15.4. The number of nitrogens with zero attached hydrogens (tertiary/aromatic N) is 6. The van der Waals surface area contributed by atoms with Gasteiger partial charge in [0.25, 0.3) is 5.91 Å². The molecule has 2 saturated heterocycles. The molecule has 3 aromatic rings. The smallest absolute Gasteiger partial charge is 0.282 e. The van der Waals surface area contributed by atoms with Gasteiger partial charge in [0.2, 0.25) is 5.88 Å². The van der Waals surface area contributed by atoms with Crippen LogP contribution in [-0.4, -0.2) is 78.7 Å². The monoisotopic (exact) mass is 634 g/mol. The van der Waals surface area contributed by atoms with Gasteiger partial charge in [0.15, 0.2) is 5.83 Å². The largest absolute Gasteiger partial charge is 0.475 e. The van der Waals surface area contributed by atoms with Crippen LogP contribution in [0.2, 0.25) is 5.02 Å². The summed E-state index contributed by atoms with van der Waals surface area (Å²) in [5.74, 6) is -1.89. The molecule has 8 nitrogen and oxygen atoms in total. The number of benzene rings is 2. The minimum absolute atomic E-state index is 0.0819. The maximum absolute atomic E-state index is 14.6. The zero-order chi connectivity index (χ0) is 32.0. The lowest BCUT2D eigenvalue weighted by molar-refractivity contribution is -0.133. The number of piperazine rings is 1. The molecular formula is C34H37ClF2N6O2. The maximum Gasteiger partial charge on any atom is 0.282 e. The highest BCUT2D eigenvalue weighted by molar-refractivity contribution is 6.36. The van der Waals surface area contributed by atoms with E-state index in [9.17, 15) is 18.8 Å². The number of likely N-dealkylation sites (N-methyl/N-ethyl adjacent to an activating group) is 1. The van der Waals surface area contributed by atoms with Gasteiger partial charge in [-0.2, -0.15) is 5.26 Å².